The molecule has 26 heavy (non-hydrogen) atoms. The third-order valence-electron chi connectivity index (χ3n) is 5.00. The number of aromatic nitrogens is 4. The van der Waals surface area contributed by atoms with Crippen LogP contribution in [0.4, 0.5) is 5.82 Å². The van der Waals surface area contributed by atoms with Gasteiger partial charge in [0.2, 0.25) is 5.91 Å². The van der Waals surface area contributed by atoms with Gasteiger partial charge in [0.1, 0.15) is 18.2 Å². The van der Waals surface area contributed by atoms with Crippen molar-refractivity contribution in [2.45, 2.75) is 30.7 Å². The smallest absolute Gasteiger partial charge is 0.248 e. The van der Waals surface area contributed by atoms with Crippen molar-refractivity contribution in [3.8, 4) is 0 Å². The first-order valence-corrected chi connectivity index (χ1v) is 8.98. The molecule has 2 aromatic heterocycles. The second kappa shape index (κ2) is 7.03. The zero-order valence-corrected chi connectivity index (χ0v) is 15.1. The van der Waals surface area contributed by atoms with Crippen molar-refractivity contribution in [3.63, 3.8) is 0 Å². The van der Waals surface area contributed by atoms with Crippen LogP contribution in [0.3, 0.4) is 0 Å². The molecule has 1 aliphatic carbocycles. The highest BCUT2D eigenvalue weighted by Gasteiger charge is 2.37. The van der Waals surface area contributed by atoms with Crippen LogP contribution >= 0.6 is 0 Å². The van der Waals surface area contributed by atoms with Gasteiger partial charge in [-0.15, -0.1) is 0 Å². The zero-order chi connectivity index (χ0) is 18.1. The summed E-state index contributed by atoms with van der Waals surface area (Å²) in [5.74, 6) is 2.34. The second-order valence-electron chi connectivity index (χ2n) is 7.13. The molecule has 0 unspecified atom stereocenters. The van der Waals surface area contributed by atoms with Gasteiger partial charge in [-0.1, -0.05) is 0 Å². The molecular weight excluding hydrogens is 332 g/mol. The maximum absolute atomic E-state index is 12.3. The van der Waals surface area contributed by atoms with Crippen molar-refractivity contribution in [3.05, 3.63) is 36.3 Å². The predicted octanol–water partition coefficient (Wildman–Crippen LogP) is 1.14. The minimum Gasteiger partial charge on any atom is -0.375 e. The van der Waals surface area contributed by atoms with Crippen molar-refractivity contribution in [1.29, 1.82) is 0 Å². The molecule has 4 rings (SSSR count). The van der Waals surface area contributed by atoms with E-state index in [9.17, 15) is 4.79 Å². The molecular formula is C18H24N6O2. The molecule has 0 spiro atoms. The summed E-state index contributed by atoms with van der Waals surface area (Å²) in [5.41, 5.74) is 0.981. The number of anilines is 1. The minimum atomic E-state index is -0.000844. The SMILES string of the molecule is COCC(=O)N1C[C@@H](Nc2ccnc(C3CC3)n2)[C@H](c2cn(C)cn2)C1. The Labute approximate surface area is 152 Å². The maximum Gasteiger partial charge on any atom is 0.248 e. The van der Waals surface area contributed by atoms with Gasteiger partial charge in [-0.2, -0.15) is 0 Å². The fourth-order valence-electron chi connectivity index (χ4n) is 3.48. The van der Waals surface area contributed by atoms with Crippen molar-refractivity contribution in [2.75, 3.05) is 32.1 Å². The Balaban J connectivity index is 1.54. The lowest BCUT2D eigenvalue weighted by molar-refractivity contribution is -0.134. The molecule has 2 aliphatic rings. The van der Waals surface area contributed by atoms with Gasteiger partial charge in [0.05, 0.1) is 18.1 Å². The van der Waals surface area contributed by atoms with E-state index in [4.69, 9.17) is 4.74 Å². The largest absolute Gasteiger partial charge is 0.375 e. The van der Waals surface area contributed by atoms with E-state index < -0.39 is 0 Å². The Morgan fingerprint density at radius 1 is 1.35 bits per heavy atom. The van der Waals surface area contributed by atoms with Crippen molar-refractivity contribution in [2.24, 2.45) is 7.05 Å². The molecule has 8 heteroatoms. The quantitative estimate of drug-likeness (QED) is 0.835. The summed E-state index contributed by atoms with van der Waals surface area (Å²) in [6.45, 7) is 1.32. The van der Waals surface area contributed by atoms with Gasteiger partial charge in [-0.05, 0) is 18.9 Å². The zero-order valence-electron chi connectivity index (χ0n) is 15.1. The van der Waals surface area contributed by atoms with Gasteiger partial charge < -0.3 is 19.5 Å². The Morgan fingerprint density at radius 3 is 2.88 bits per heavy atom. The Morgan fingerprint density at radius 2 is 2.19 bits per heavy atom. The van der Waals surface area contributed by atoms with Gasteiger partial charge in [0.15, 0.2) is 0 Å². The molecule has 3 heterocycles. The number of methoxy groups -OCH3 is 1. The summed E-state index contributed by atoms with van der Waals surface area (Å²) in [5, 5.41) is 3.51. The normalized spacial score (nSPS) is 22.6. The number of amides is 1. The number of rotatable bonds is 6. The molecule has 0 radical (unpaired) electrons. The van der Waals surface area contributed by atoms with E-state index >= 15 is 0 Å². The summed E-state index contributed by atoms with van der Waals surface area (Å²) >= 11 is 0. The van der Waals surface area contributed by atoms with Crippen LogP contribution in [0.2, 0.25) is 0 Å². The number of likely N-dealkylation sites (tertiary alicyclic amines) is 1. The van der Waals surface area contributed by atoms with E-state index in [0.29, 0.717) is 19.0 Å². The van der Waals surface area contributed by atoms with E-state index in [-0.39, 0.29) is 24.5 Å². The maximum atomic E-state index is 12.3. The van der Waals surface area contributed by atoms with Gasteiger partial charge in [-0.3, -0.25) is 4.79 Å². The average molecular weight is 356 g/mol. The molecule has 138 valence electrons. The van der Waals surface area contributed by atoms with Crippen LogP contribution in [-0.4, -0.2) is 63.2 Å². The lowest BCUT2D eigenvalue weighted by Crippen LogP contribution is -2.34. The molecule has 1 saturated heterocycles. The van der Waals surface area contributed by atoms with Crippen LogP contribution in [-0.2, 0) is 16.6 Å². The number of nitrogens with one attached hydrogen (secondary N) is 1. The minimum absolute atomic E-state index is 0.000844. The molecule has 1 amide bonds. The third-order valence-corrected chi connectivity index (χ3v) is 5.00. The predicted molar refractivity (Wildman–Crippen MR) is 95.8 cm³/mol. The molecule has 8 nitrogen and oxygen atoms in total. The van der Waals surface area contributed by atoms with Gasteiger partial charge in [0, 0.05) is 51.5 Å². The number of hydrogen-bond acceptors (Lipinski definition) is 6. The summed E-state index contributed by atoms with van der Waals surface area (Å²) in [6, 6.07) is 1.94. The first-order chi connectivity index (χ1) is 12.6. The summed E-state index contributed by atoms with van der Waals surface area (Å²) < 4.78 is 6.94. The highest BCUT2D eigenvalue weighted by Crippen LogP contribution is 2.38. The van der Waals surface area contributed by atoms with Crippen LogP contribution in [0.15, 0.2) is 24.8 Å². The summed E-state index contributed by atoms with van der Waals surface area (Å²) in [6.07, 6.45) is 7.95. The van der Waals surface area contributed by atoms with Crippen molar-refractivity contribution < 1.29 is 9.53 Å². The lowest BCUT2D eigenvalue weighted by Gasteiger charge is -2.19. The standard InChI is InChI=1S/C18H24N6O2/c1-23-8-14(20-11-23)13-7-24(17(25)10-26-2)9-15(13)21-16-5-6-19-18(22-16)12-3-4-12/h5-6,8,11-13,15H,3-4,7,9-10H2,1-2H3,(H,19,21,22)/t13-,15+/m0/s1. The van der Waals surface area contributed by atoms with Gasteiger partial charge in [0.25, 0.3) is 0 Å². The van der Waals surface area contributed by atoms with E-state index in [0.717, 1.165) is 17.3 Å². The van der Waals surface area contributed by atoms with Crippen LogP contribution in [0.25, 0.3) is 0 Å². The van der Waals surface area contributed by atoms with Crippen molar-refractivity contribution in [1.82, 2.24) is 24.4 Å². The molecule has 0 bridgehead atoms. The molecule has 2 aromatic rings. The van der Waals surface area contributed by atoms with Crippen molar-refractivity contribution >= 4 is 11.7 Å². The number of carbonyl (C=O) groups is 1. The van der Waals surface area contributed by atoms with Crippen LogP contribution in [0.5, 0.6) is 0 Å². The number of ether oxygens (including phenoxy) is 1. The van der Waals surface area contributed by atoms with Gasteiger partial charge in [-0.25, -0.2) is 15.0 Å². The van der Waals surface area contributed by atoms with Crippen LogP contribution < -0.4 is 5.32 Å². The van der Waals surface area contributed by atoms with E-state index in [2.05, 4.69) is 20.3 Å². The Bertz CT molecular complexity index is 787. The molecule has 1 saturated carbocycles. The first kappa shape index (κ1) is 17.0. The third kappa shape index (κ3) is 3.55. The van der Waals surface area contributed by atoms with E-state index in [1.807, 2.05) is 35.0 Å². The highest BCUT2D eigenvalue weighted by molar-refractivity contribution is 5.78. The number of imidazole rings is 1. The lowest BCUT2D eigenvalue weighted by atomic mass is 10.0. The summed E-state index contributed by atoms with van der Waals surface area (Å²) in [7, 11) is 3.49. The molecule has 2 fully saturated rings. The summed E-state index contributed by atoms with van der Waals surface area (Å²) in [4.78, 5) is 27.7. The fourth-order valence-corrected chi connectivity index (χ4v) is 3.48. The highest BCUT2D eigenvalue weighted by atomic mass is 16.5. The molecule has 1 aliphatic heterocycles. The second-order valence-corrected chi connectivity index (χ2v) is 7.13. The van der Waals surface area contributed by atoms with Gasteiger partial charge >= 0.3 is 0 Å². The van der Waals surface area contributed by atoms with E-state index in [1.165, 1.54) is 12.8 Å². The number of hydrogen-bond donors (Lipinski definition) is 1. The first-order valence-electron chi connectivity index (χ1n) is 8.98. The fraction of sp³-hybridized carbons (Fsp3) is 0.556. The average Bonchev–Trinajstić information content (AvgIpc) is 3.27. The van der Waals surface area contributed by atoms with E-state index in [1.54, 1.807) is 13.4 Å². The molecule has 1 N–H and O–H groups in total. The Kier molecular flexibility index (Phi) is 4.58. The Hall–Kier alpha value is -2.48. The number of carbonyl (C=O) groups excluding carboxylic acids is 1. The molecule has 2 atom stereocenters. The molecule has 0 aromatic carbocycles. The monoisotopic (exact) mass is 356 g/mol. The topological polar surface area (TPSA) is 85.2 Å². The number of nitrogens with zero attached hydrogens (tertiary/aromatic N) is 5. The van der Waals surface area contributed by atoms with Crippen LogP contribution in [0.1, 0.15) is 36.2 Å². The number of aryl methyl sites for hydroxylation is 1. The van der Waals surface area contributed by atoms with Crippen LogP contribution in [0, 0.1) is 0 Å².